The Labute approximate surface area is 138 Å². The molecular formula is C16H20BrNO4. The fraction of sp³-hybridized carbons (Fsp3) is 0.625. The predicted molar refractivity (Wildman–Crippen MR) is 84.8 cm³/mol. The molecule has 0 bridgehead atoms. The van der Waals surface area contributed by atoms with Crippen molar-refractivity contribution < 1.29 is 19.4 Å². The minimum Gasteiger partial charge on any atom is -0.468 e. The first-order valence-corrected chi connectivity index (χ1v) is 8.23. The highest BCUT2D eigenvalue weighted by molar-refractivity contribution is 9.11. The van der Waals surface area contributed by atoms with Crippen LogP contribution in [-0.4, -0.2) is 36.7 Å². The van der Waals surface area contributed by atoms with Gasteiger partial charge in [0.2, 0.25) is 5.91 Å². The zero-order valence-electron chi connectivity index (χ0n) is 12.5. The van der Waals surface area contributed by atoms with Crippen LogP contribution in [0.2, 0.25) is 0 Å². The first-order valence-electron chi connectivity index (χ1n) is 7.43. The fourth-order valence-corrected chi connectivity index (χ4v) is 3.40. The van der Waals surface area contributed by atoms with Crippen molar-refractivity contribution in [3.63, 3.8) is 0 Å². The van der Waals surface area contributed by atoms with Crippen molar-refractivity contribution in [3.8, 4) is 11.8 Å². The number of aliphatic hydroxyl groups is 1. The number of hydrogen-bond acceptors (Lipinski definition) is 4. The van der Waals surface area contributed by atoms with Gasteiger partial charge in [-0.1, -0.05) is 28.3 Å². The number of methoxy groups -OCH3 is 1. The van der Waals surface area contributed by atoms with Gasteiger partial charge in [-0.15, -0.1) is 5.92 Å². The molecule has 0 aromatic carbocycles. The van der Waals surface area contributed by atoms with Gasteiger partial charge >= 0.3 is 5.97 Å². The van der Waals surface area contributed by atoms with Crippen LogP contribution in [0, 0.1) is 23.2 Å². The van der Waals surface area contributed by atoms with Crippen molar-refractivity contribution in [2.75, 3.05) is 13.7 Å². The van der Waals surface area contributed by atoms with Crippen molar-refractivity contribution in [1.29, 1.82) is 0 Å². The second-order valence-electron chi connectivity index (χ2n) is 5.60. The van der Waals surface area contributed by atoms with Gasteiger partial charge in [-0.05, 0) is 25.3 Å². The summed E-state index contributed by atoms with van der Waals surface area (Å²) in [7, 11) is 1.28. The van der Waals surface area contributed by atoms with Crippen molar-refractivity contribution >= 4 is 27.8 Å². The monoisotopic (exact) mass is 369 g/mol. The molecule has 3 atom stereocenters. The number of fused-ring (bicyclic) bond motifs is 1. The Morgan fingerprint density at radius 3 is 3.00 bits per heavy atom. The van der Waals surface area contributed by atoms with Crippen LogP contribution >= 0.6 is 15.9 Å². The molecule has 1 heterocycles. The molecule has 0 aromatic heterocycles. The van der Waals surface area contributed by atoms with E-state index in [1.165, 1.54) is 13.2 Å². The van der Waals surface area contributed by atoms with Gasteiger partial charge in [-0.25, -0.2) is 0 Å². The van der Waals surface area contributed by atoms with Gasteiger partial charge in [0.25, 0.3) is 0 Å². The summed E-state index contributed by atoms with van der Waals surface area (Å²) in [5.74, 6) is 4.38. The highest BCUT2D eigenvalue weighted by Crippen LogP contribution is 2.42. The lowest BCUT2D eigenvalue weighted by Crippen LogP contribution is -2.49. The number of nitrogens with one attached hydrogen (secondary N) is 1. The molecule has 5 nitrogen and oxygen atoms in total. The number of amides is 1. The van der Waals surface area contributed by atoms with Crippen molar-refractivity contribution in [3.05, 3.63) is 10.6 Å². The van der Waals surface area contributed by atoms with Gasteiger partial charge in [-0.3, -0.25) is 9.59 Å². The molecule has 0 unspecified atom stereocenters. The summed E-state index contributed by atoms with van der Waals surface area (Å²) in [6, 6.07) is 0. The third kappa shape index (κ3) is 3.36. The SMILES string of the molecule is COC(=O)[C@]12C#CCCCCCNC(=O)[C@H]1C[C@H](O)C(Br)=C2. The standard InChI is InChI=1S/C16H20BrNO4/c1-22-15(21)16-7-5-3-2-4-6-8-18-14(20)11(16)9-13(19)12(17)10-16/h10-11,13,19H,2-4,6,8-9H2,1H3,(H,18,20)/t11-,13+,16+/m1/s1. The maximum atomic E-state index is 12.5. The van der Waals surface area contributed by atoms with E-state index in [2.05, 4.69) is 33.1 Å². The fourth-order valence-electron chi connectivity index (χ4n) is 2.85. The molecule has 2 aliphatic rings. The normalized spacial score (nSPS) is 32.3. The number of esters is 1. The quantitative estimate of drug-likeness (QED) is 0.542. The lowest BCUT2D eigenvalue weighted by molar-refractivity contribution is -0.153. The van der Waals surface area contributed by atoms with Crippen LogP contribution in [0.4, 0.5) is 0 Å². The second kappa shape index (κ2) is 7.30. The van der Waals surface area contributed by atoms with Crippen LogP contribution in [0.3, 0.4) is 0 Å². The first-order chi connectivity index (χ1) is 10.5. The van der Waals surface area contributed by atoms with E-state index in [9.17, 15) is 14.7 Å². The van der Waals surface area contributed by atoms with E-state index in [1.807, 2.05) is 0 Å². The van der Waals surface area contributed by atoms with E-state index < -0.39 is 23.4 Å². The van der Waals surface area contributed by atoms with Crippen LogP contribution < -0.4 is 5.32 Å². The highest BCUT2D eigenvalue weighted by Gasteiger charge is 2.51. The number of ether oxygens (including phenoxy) is 1. The van der Waals surface area contributed by atoms with Gasteiger partial charge in [0, 0.05) is 17.4 Å². The summed E-state index contributed by atoms with van der Waals surface area (Å²) in [5, 5.41) is 12.9. The van der Waals surface area contributed by atoms with Crippen molar-refractivity contribution in [2.45, 2.75) is 38.2 Å². The summed E-state index contributed by atoms with van der Waals surface area (Å²) in [5.41, 5.74) is -1.35. The van der Waals surface area contributed by atoms with Crippen LogP contribution in [0.15, 0.2) is 10.6 Å². The van der Waals surface area contributed by atoms with Gasteiger partial charge in [0.1, 0.15) is 0 Å². The number of hydrogen-bond donors (Lipinski definition) is 2. The van der Waals surface area contributed by atoms with Gasteiger partial charge < -0.3 is 15.2 Å². The number of aliphatic hydroxyl groups excluding tert-OH is 1. The van der Waals surface area contributed by atoms with Crippen LogP contribution in [0.1, 0.15) is 32.1 Å². The van der Waals surface area contributed by atoms with Gasteiger partial charge in [0.15, 0.2) is 5.41 Å². The Morgan fingerprint density at radius 1 is 1.50 bits per heavy atom. The zero-order valence-corrected chi connectivity index (χ0v) is 14.1. The van der Waals surface area contributed by atoms with E-state index in [4.69, 9.17) is 4.74 Å². The summed E-state index contributed by atoms with van der Waals surface area (Å²) >= 11 is 3.27. The Bertz CT molecular complexity index is 548. The van der Waals surface area contributed by atoms with E-state index in [0.29, 0.717) is 17.4 Å². The number of carbonyl (C=O) groups is 2. The Morgan fingerprint density at radius 2 is 2.27 bits per heavy atom. The smallest absolute Gasteiger partial charge is 0.328 e. The zero-order chi connectivity index (χ0) is 16.2. The average Bonchev–Trinajstić information content (AvgIpc) is 2.54. The summed E-state index contributed by atoms with van der Waals surface area (Å²) in [6.45, 7) is 0.563. The van der Waals surface area contributed by atoms with E-state index >= 15 is 0 Å². The summed E-state index contributed by atoms with van der Waals surface area (Å²) < 4.78 is 5.38. The van der Waals surface area contributed by atoms with Crippen LogP contribution in [0.5, 0.6) is 0 Å². The third-order valence-corrected chi connectivity index (χ3v) is 4.86. The average molecular weight is 370 g/mol. The maximum absolute atomic E-state index is 12.5. The van der Waals surface area contributed by atoms with E-state index in [0.717, 1.165) is 19.3 Å². The molecule has 2 N–H and O–H groups in total. The first kappa shape index (κ1) is 17.0. The third-order valence-electron chi connectivity index (χ3n) is 4.11. The number of rotatable bonds is 1. The number of halogens is 1. The molecular weight excluding hydrogens is 350 g/mol. The predicted octanol–water partition coefficient (Wildman–Crippen LogP) is 1.50. The molecule has 2 rings (SSSR count). The molecule has 22 heavy (non-hydrogen) atoms. The topological polar surface area (TPSA) is 75.6 Å². The van der Waals surface area contributed by atoms with Crippen molar-refractivity contribution in [2.24, 2.45) is 11.3 Å². The Hall–Kier alpha value is -1.32. The molecule has 0 aromatic rings. The lowest BCUT2D eigenvalue weighted by atomic mass is 9.69. The van der Waals surface area contributed by atoms with Crippen molar-refractivity contribution in [1.82, 2.24) is 5.32 Å². The minimum atomic E-state index is -1.35. The molecule has 1 aliphatic heterocycles. The molecule has 0 spiro atoms. The Balaban J connectivity index is 2.52. The molecule has 1 aliphatic carbocycles. The van der Waals surface area contributed by atoms with Crippen LogP contribution in [0.25, 0.3) is 0 Å². The van der Waals surface area contributed by atoms with Gasteiger partial charge in [0.05, 0.1) is 19.1 Å². The highest BCUT2D eigenvalue weighted by atomic mass is 79.9. The lowest BCUT2D eigenvalue weighted by Gasteiger charge is -2.36. The van der Waals surface area contributed by atoms with Gasteiger partial charge in [-0.2, -0.15) is 0 Å². The minimum absolute atomic E-state index is 0.132. The Kier molecular flexibility index (Phi) is 5.65. The van der Waals surface area contributed by atoms with E-state index in [1.54, 1.807) is 0 Å². The second-order valence-corrected chi connectivity index (χ2v) is 6.51. The van der Waals surface area contributed by atoms with Crippen LogP contribution in [-0.2, 0) is 14.3 Å². The molecule has 0 fully saturated rings. The summed E-state index contributed by atoms with van der Waals surface area (Å²) in [4.78, 5) is 24.9. The summed E-state index contributed by atoms with van der Waals surface area (Å²) in [6.07, 6.45) is 4.31. The molecule has 6 heteroatoms. The molecule has 1 amide bonds. The molecule has 0 saturated heterocycles. The van der Waals surface area contributed by atoms with E-state index in [-0.39, 0.29) is 12.3 Å². The molecule has 0 radical (unpaired) electrons. The molecule has 0 saturated carbocycles. The largest absolute Gasteiger partial charge is 0.468 e. The maximum Gasteiger partial charge on any atom is 0.328 e. The molecule has 120 valence electrons. The number of carbonyl (C=O) groups excluding carboxylic acids is 2.